The first-order chi connectivity index (χ1) is 6.99. The second-order valence-electron chi connectivity index (χ2n) is 5.50. The summed E-state index contributed by atoms with van der Waals surface area (Å²) < 4.78 is 23.6. The Morgan fingerprint density at radius 3 is 1.56 bits per heavy atom. The van der Waals surface area contributed by atoms with Crippen molar-refractivity contribution in [3.8, 4) is 0 Å². The van der Waals surface area contributed by atoms with Crippen molar-refractivity contribution in [3.05, 3.63) is 11.9 Å². The van der Waals surface area contributed by atoms with Gasteiger partial charge in [0.25, 0.3) is 0 Å². The molecule has 0 amide bonds. The highest BCUT2D eigenvalue weighted by Crippen LogP contribution is 2.62. The molecule has 0 aromatic heterocycles. The first kappa shape index (κ1) is 15.9. The summed E-state index contributed by atoms with van der Waals surface area (Å²) in [6, 6.07) is 0. The SMILES string of the molecule is C=C(C(C)(C)C)P(=O)(OC(C)C)OC(C)C. The molecule has 3 nitrogen and oxygen atoms in total. The monoisotopic (exact) mass is 248 g/mol. The topological polar surface area (TPSA) is 35.5 Å². The Kier molecular flexibility index (Phi) is 5.45. The highest BCUT2D eigenvalue weighted by molar-refractivity contribution is 7.58. The summed E-state index contributed by atoms with van der Waals surface area (Å²) in [6.07, 6.45) is -0.299. The highest BCUT2D eigenvalue weighted by atomic mass is 31.2. The van der Waals surface area contributed by atoms with Gasteiger partial charge in [-0.2, -0.15) is 0 Å². The summed E-state index contributed by atoms with van der Waals surface area (Å²) in [6.45, 7) is 17.1. The summed E-state index contributed by atoms with van der Waals surface area (Å²) in [4.78, 5) is 0. The number of allylic oxidation sites excluding steroid dienone is 1. The second kappa shape index (κ2) is 5.48. The summed E-state index contributed by atoms with van der Waals surface area (Å²) in [5.74, 6) is 0. The van der Waals surface area contributed by atoms with E-state index in [-0.39, 0.29) is 17.6 Å². The third kappa shape index (κ3) is 4.82. The minimum Gasteiger partial charge on any atom is -0.303 e. The van der Waals surface area contributed by atoms with Crippen LogP contribution >= 0.6 is 7.60 Å². The Morgan fingerprint density at radius 1 is 1.06 bits per heavy atom. The molecule has 0 bridgehead atoms. The zero-order valence-electron chi connectivity index (χ0n) is 11.5. The summed E-state index contributed by atoms with van der Waals surface area (Å²) in [7, 11) is -3.24. The fourth-order valence-corrected chi connectivity index (χ4v) is 3.35. The van der Waals surface area contributed by atoms with Gasteiger partial charge in [-0.05, 0) is 33.1 Å². The van der Waals surface area contributed by atoms with E-state index in [1.165, 1.54) is 0 Å². The molecule has 0 atom stereocenters. The van der Waals surface area contributed by atoms with E-state index in [9.17, 15) is 4.57 Å². The highest BCUT2D eigenvalue weighted by Gasteiger charge is 2.37. The van der Waals surface area contributed by atoms with Crippen molar-refractivity contribution >= 4 is 7.60 Å². The fraction of sp³-hybridized carbons (Fsp3) is 0.833. The van der Waals surface area contributed by atoms with Crippen molar-refractivity contribution in [2.75, 3.05) is 0 Å². The van der Waals surface area contributed by atoms with Gasteiger partial charge in [-0.3, -0.25) is 4.57 Å². The van der Waals surface area contributed by atoms with Crippen LogP contribution in [0.2, 0.25) is 0 Å². The van der Waals surface area contributed by atoms with Crippen LogP contribution in [-0.2, 0) is 13.6 Å². The molecule has 0 aliphatic heterocycles. The zero-order valence-corrected chi connectivity index (χ0v) is 12.4. The van der Waals surface area contributed by atoms with Gasteiger partial charge in [-0.25, -0.2) is 0 Å². The molecule has 0 unspecified atom stereocenters. The Bertz CT molecular complexity index is 273. The van der Waals surface area contributed by atoms with E-state index in [0.717, 1.165) is 0 Å². The van der Waals surface area contributed by atoms with Gasteiger partial charge < -0.3 is 9.05 Å². The van der Waals surface area contributed by atoms with Crippen LogP contribution in [0, 0.1) is 5.41 Å². The van der Waals surface area contributed by atoms with Gasteiger partial charge in [0.1, 0.15) is 0 Å². The largest absolute Gasteiger partial charge is 0.357 e. The number of rotatable bonds is 5. The average Bonchev–Trinajstić information content (AvgIpc) is 1.97. The van der Waals surface area contributed by atoms with Gasteiger partial charge in [0.05, 0.1) is 12.2 Å². The predicted molar refractivity (Wildman–Crippen MR) is 68.6 cm³/mol. The van der Waals surface area contributed by atoms with Crippen LogP contribution in [0.4, 0.5) is 0 Å². The minimum absolute atomic E-state index is 0.149. The maximum Gasteiger partial charge on any atom is 0.357 e. The molecule has 0 saturated carbocycles. The quantitative estimate of drug-likeness (QED) is 0.667. The number of hydrogen-bond acceptors (Lipinski definition) is 3. The Hall–Kier alpha value is -0.110. The van der Waals surface area contributed by atoms with Crippen LogP contribution in [0.3, 0.4) is 0 Å². The molecule has 0 radical (unpaired) electrons. The van der Waals surface area contributed by atoms with E-state index in [0.29, 0.717) is 5.31 Å². The van der Waals surface area contributed by atoms with Gasteiger partial charge in [0.15, 0.2) is 0 Å². The first-order valence-corrected chi connectivity index (χ1v) is 7.20. The normalized spacial score (nSPS) is 13.6. The van der Waals surface area contributed by atoms with Crippen molar-refractivity contribution in [2.24, 2.45) is 5.41 Å². The average molecular weight is 248 g/mol. The Morgan fingerprint density at radius 2 is 1.38 bits per heavy atom. The van der Waals surface area contributed by atoms with Crippen LogP contribution in [0.15, 0.2) is 11.9 Å². The van der Waals surface area contributed by atoms with E-state index >= 15 is 0 Å². The second-order valence-corrected chi connectivity index (χ2v) is 7.46. The van der Waals surface area contributed by atoms with E-state index in [4.69, 9.17) is 9.05 Å². The van der Waals surface area contributed by atoms with Gasteiger partial charge in [0, 0.05) is 5.31 Å². The van der Waals surface area contributed by atoms with Gasteiger partial charge in [-0.15, -0.1) is 0 Å². The molecule has 0 fully saturated rings. The lowest BCUT2D eigenvalue weighted by Crippen LogP contribution is -2.16. The molecule has 0 saturated heterocycles. The standard InChI is InChI=1S/C12H25O3P/c1-9(2)14-16(13,15-10(3)4)11(5)12(6,7)8/h9-10H,5H2,1-4,6-8H3. The molecule has 96 valence electrons. The van der Waals surface area contributed by atoms with E-state index in [1.807, 2.05) is 48.5 Å². The van der Waals surface area contributed by atoms with Crippen LogP contribution in [0.25, 0.3) is 0 Å². The maximum atomic E-state index is 12.6. The van der Waals surface area contributed by atoms with Gasteiger partial charge in [-0.1, -0.05) is 27.4 Å². The van der Waals surface area contributed by atoms with Gasteiger partial charge in [0.2, 0.25) is 0 Å². The Balaban J connectivity index is 5.09. The molecule has 4 heteroatoms. The molecule has 0 aromatic rings. The zero-order chi connectivity index (χ0) is 13.1. The van der Waals surface area contributed by atoms with Crippen LogP contribution in [0.5, 0.6) is 0 Å². The molecule has 0 N–H and O–H groups in total. The molecule has 0 aliphatic rings. The van der Waals surface area contributed by atoms with Crippen molar-refractivity contribution in [1.29, 1.82) is 0 Å². The lowest BCUT2D eigenvalue weighted by atomic mass is 9.97. The van der Waals surface area contributed by atoms with Crippen molar-refractivity contribution in [3.63, 3.8) is 0 Å². The van der Waals surface area contributed by atoms with E-state index in [2.05, 4.69) is 6.58 Å². The van der Waals surface area contributed by atoms with Crippen LogP contribution < -0.4 is 0 Å². The Labute approximate surface area is 99.8 Å². The maximum absolute atomic E-state index is 12.6. The summed E-state index contributed by atoms with van der Waals surface area (Å²) in [5, 5.41) is 0.530. The van der Waals surface area contributed by atoms with Crippen LogP contribution in [-0.4, -0.2) is 12.2 Å². The molecule has 0 aliphatic carbocycles. The third-order valence-electron chi connectivity index (χ3n) is 1.90. The number of hydrogen-bond donors (Lipinski definition) is 0. The molecular weight excluding hydrogens is 223 g/mol. The molecule has 0 heterocycles. The lowest BCUT2D eigenvalue weighted by molar-refractivity contribution is 0.144. The van der Waals surface area contributed by atoms with Gasteiger partial charge >= 0.3 is 7.60 Å². The predicted octanol–water partition coefficient (Wildman–Crippen LogP) is 4.59. The summed E-state index contributed by atoms with van der Waals surface area (Å²) in [5.41, 5.74) is -0.292. The first-order valence-electron chi connectivity index (χ1n) is 5.66. The third-order valence-corrected chi connectivity index (χ3v) is 4.63. The van der Waals surface area contributed by atoms with E-state index in [1.54, 1.807) is 0 Å². The van der Waals surface area contributed by atoms with Crippen LogP contribution in [0.1, 0.15) is 48.5 Å². The molecule has 16 heavy (non-hydrogen) atoms. The summed E-state index contributed by atoms with van der Waals surface area (Å²) >= 11 is 0. The van der Waals surface area contributed by atoms with E-state index < -0.39 is 7.60 Å². The smallest absolute Gasteiger partial charge is 0.303 e. The molecule has 0 rings (SSSR count). The van der Waals surface area contributed by atoms with Crippen molar-refractivity contribution < 1.29 is 13.6 Å². The fourth-order valence-electron chi connectivity index (χ4n) is 1.12. The van der Waals surface area contributed by atoms with Crippen molar-refractivity contribution in [2.45, 2.75) is 60.7 Å². The molecule has 0 aromatic carbocycles. The molecule has 0 spiro atoms. The lowest BCUT2D eigenvalue weighted by Gasteiger charge is -2.30. The van der Waals surface area contributed by atoms with Crippen molar-refractivity contribution in [1.82, 2.24) is 0 Å². The minimum atomic E-state index is -3.24. The molecular formula is C12H25O3P.